The highest BCUT2D eigenvalue weighted by atomic mass is 19.4. The van der Waals surface area contributed by atoms with Crippen LogP contribution < -0.4 is 4.74 Å². The molecule has 1 heterocycles. The molecule has 1 aliphatic rings. The maximum atomic E-state index is 13.0. The largest absolute Gasteiger partial charge is 0.489 e. The molecule has 0 spiro atoms. The third-order valence-corrected chi connectivity index (χ3v) is 3.53. The number of nitriles is 1. The first kappa shape index (κ1) is 14.6. The normalized spacial score (nSPS) is 16.8. The van der Waals surface area contributed by atoms with Crippen molar-refractivity contribution < 1.29 is 17.9 Å². The smallest absolute Gasteiger partial charge is 0.419 e. The van der Waals surface area contributed by atoms with Gasteiger partial charge in [-0.25, -0.2) is 4.98 Å². The van der Waals surface area contributed by atoms with Crippen molar-refractivity contribution in [3.05, 3.63) is 23.0 Å². The van der Waals surface area contributed by atoms with Crippen molar-refractivity contribution in [3.63, 3.8) is 0 Å². The topological polar surface area (TPSA) is 45.9 Å². The highest BCUT2D eigenvalue weighted by Crippen LogP contribution is 2.37. The van der Waals surface area contributed by atoms with Gasteiger partial charge < -0.3 is 4.74 Å². The molecule has 2 rings (SSSR count). The van der Waals surface area contributed by atoms with Crippen LogP contribution in [0.4, 0.5) is 13.2 Å². The van der Waals surface area contributed by atoms with Crippen LogP contribution in [0.5, 0.6) is 5.75 Å². The van der Waals surface area contributed by atoms with Crippen LogP contribution in [0.3, 0.4) is 0 Å². The average molecular weight is 284 g/mol. The molecule has 20 heavy (non-hydrogen) atoms. The number of hydrogen-bond donors (Lipinski definition) is 0. The van der Waals surface area contributed by atoms with Gasteiger partial charge in [0.25, 0.3) is 0 Å². The summed E-state index contributed by atoms with van der Waals surface area (Å²) in [6.07, 6.45) is 1.45. The summed E-state index contributed by atoms with van der Waals surface area (Å²) in [6, 6.07) is 1.49. The Bertz CT molecular complexity index is 528. The van der Waals surface area contributed by atoms with Gasteiger partial charge in [0, 0.05) is 5.56 Å². The van der Waals surface area contributed by atoms with Gasteiger partial charge >= 0.3 is 6.18 Å². The van der Waals surface area contributed by atoms with E-state index in [2.05, 4.69) is 4.98 Å². The van der Waals surface area contributed by atoms with Crippen LogP contribution in [-0.2, 0) is 6.18 Å². The van der Waals surface area contributed by atoms with E-state index in [4.69, 9.17) is 10.00 Å². The predicted molar refractivity (Wildman–Crippen MR) is 66.2 cm³/mol. The Morgan fingerprint density at radius 2 is 1.95 bits per heavy atom. The van der Waals surface area contributed by atoms with E-state index in [1.54, 1.807) is 0 Å². The minimum atomic E-state index is -4.60. The van der Waals surface area contributed by atoms with Gasteiger partial charge in [0.1, 0.15) is 11.8 Å². The number of halogens is 3. The van der Waals surface area contributed by atoms with Gasteiger partial charge in [-0.2, -0.15) is 18.4 Å². The second-order valence-corrected chi connectivity index (χ2v) is 4.96. The molecule has 1 aromatic rings. The zero-order chi connectivity index (χ0) is 14.8. The number of ether oxygens (including phenoxy) is 1. The highest BCUT2D eigenvalue weighted by Gasteiger charge is 2.37. The molecule has 0 bridgehead atoms. The van der Waals surface area contributed by atoms with Crippen molar-refractivity contribution in [2.75, 3.05) is 0 Å². The zero-order valence-electron chi connectivity index (χ0n) is 11.1. The lowest BCUT2D eigenvalue weighted by Gasteiger charge is -2.24. The number of hydrogen-bond acceptors (Lipinski definition) is 3. The molecule has 3 nitrogen and oxygen atoms in total. The summed E-state index contributed by atoms with van der Waals surface area (Å²) in [7, 11) is 0. The van der Waals surface area contributed by atoms with Gasteiger partial charge in [-0.05, 0) is 32.6 Å². The van der Waals surface area contributed by atoms with Gasteiger partial charge in [0.2, 0.25) is 0 Å². The van der Waals surface area contributed by atoms with E-state index in [0.29, 0.717) is 0 Å². The zero-order valence-corrected chi connectivity index (χ0v) is 11.1. The third kappa shape index (κ3) is 3.03. The Hall–Kier alpha value is -1.77. The second kappa shape index (κ2) is 5.70. The summed E-state index contributed by atoms with van der Waals surface area (Å²) in [5.74, 6) is 0.128. The van der Waals surface area contributed by atoms with Crippen LogP contribution in [0.25, 0.3) is 0 Å². The Labute approximate surface area is 115 Å². The summed E-state index contributed by atoms with van der Waals surface area (Å²) in [4.78, 5) is 3.58. The van der Waals surface area contributed by atoms with Crippen LogP contribution in [0.15, 0.2) is 6.20 Å². The van der Waals surface area contributed by atoms with Gasteiger partial charge in [0.15, 0.2) is 5.69 Å². The molecule has 0 radical (unpaired) electrons. The SMILES string of the molecule is Cc1c(OC2CCCCC2)cnc(C#N)c1C(F)(F)F. The van der Waals surface area contributed by atoms with Crippen LogP contribution in [-0.4, -0.2) is 11.1 Å². The van der Waals surface area contributed by atoms with Crippen molar-refractivity contribution in [3.8, 4) is 11.8 Å². The van der Waals surface area contributed by atoms with E-state index in [1.165, 1.54) is 19.2 Å². The summed E-state index contributed by atoms with van der Waals surface area (Å²) in [5.41, 5.74) is -1.66. The lowest BCUT2D eigenvalue weighted by molar-refractivity contribution is -0.138. The third-order valence-electron chi connectivity index (χ3n) is 3.53. The molecular weight excluding hydrogens is 269 g/mol. The molecule has 108 valence electrons. The lowest BCUT2D eigenvalue weighted by atomic mass is 9.97. The fraction of sp³-hybridized carbons (Fsp3) is 0.571. The number of alkyl halides is 3. The molecule has 0 atom stereocenters. The van der Waals surface area contributed by atoms with E-state index in [-0.39, 0.29) is 17.4 Å². The quantitative estimate of drug-likeness (QED) is 0.824. The standard InChI is InChI=1S/C14H15F3N2O/c1-9-12(20-10-5-3-2-4-6-10)8-19-11(7-18)13(9)14(15,16)17/h8,10H,2-6H2,1H3. The van der Waals surface area contributed by atoms with E-state index in [0.717, 1.165) is 32.1 Å². The molecule has 1 aromatic heterocycles. The molecule has 1 aliphatic carbocycles. The van der Waals surface area contributed by atoms with Crippen LogP contribution in [0.2, 0.25) is 0 Å². The van der Waals surface area contributed by atoms with Gasteiger partial charge in [-0.1, -0.05) is 6.42 Å². The molecule has 0 unspecified atom stereocenters. The molecule has 1 fully saturated rings. The molecule has 0 N–H and O–H groups in total. The minimum absolute atomic E-state index is 0.0572. The highest BCUT2D eigenvalue weighted by molar-refractivity contribution is 5.46. The molecule has 0 saturated heterocycles. The second-order valence-electron chi connectivity index (χ2n) is 4.96. The maximum Gasteiger partial charge on any atom is 0.419 e. The number of rotatable bonds is 2. The van der Waals surface area contributed by atoms with Crippen LogP contribution in [0, 0.1) is 18.3 Å². The molecular formula is C14H15F3N2O. The van der Waals surface area contributed by atoms with E-state index in [1.807, 2.05) is 0 Å². The van der Waals surface area contributed by atoms with Crippen LogP contribution in [0.1, 0.15) is 48.9 Å². The minimum Gasteiger partial charge on any atom is -0.489 e. The van der Waals surface area contributed by atoms with E-state index < -0.39 is 17.4 Å². The molecule has 0 amide bonds. The maximum absolute atomic E-state index is 13.0. The van der Waals surface area contributed by atoms with Gasteiger partial charge in [-0.3, -0.25) is 0 Å². The first-order chi connectivity index (χ1) is 9.43. The summed E-state index contributed by atoms with van der Waals surface area (Å²) in [6.45, 7) is 1.32. The van der Waals surface area contributed by atoms with Crippen LogP contribution >= 0.6 is 0 Å². The van der Waals surface area contributed by atoms with Crippen molar-refractivity contribution >= 4 is 0 Å². The number of nitrogens with zero attached hydrogens (tertiary/aromatic N) is 2. The van der Waals surface area contributed by atoms with Gasteiger partial charge in [0.05, 0.1) is 17.9 Å². The predicted octanol–water partition coefficient (Wildman–Crippen LogP) is 3.99. The molecule has 1 saturated carbocycles. The monoisotopic (exact) mass is 284 g/mol. The fourth-order valence-corrected chi connectivity index (χ4v) is 2.50. The lowest BCUT2D eigenvalue weighted by Crippen LogP contribution is -2.21. The summed E-state index contributed by atoms with van der Waals surface area (Å²) < 4.78 is 44.7. The number of pyridine rings is 1. The fourth-order valence-electron chi connectivity index (χ4n) is 2.50. The Balaban J connectivity index is 2.33. The first-order valence-electron chi connectivity index (χ1n) is 6.57. The van der Waals surface area contributed by atoms with Crippen molar-refractivity contribution in [2.45, 2.75) is 51.3 Å². The Morgan fingerprint density at radius 1 is 1.30 bits per heavy atom. The van der Waals surface area contributed by atoms with E-state index >= 15 is 0 Å². The molecule has 0 aliphatic heterocycles. The summed E-state index contributed by atoms with van der Waals surface area (Å²) >= 11 is 0. The molecule has 6 heteroatoms. The Morgan fingerprint density at radius 3 is 2.50 bits per heavy atom. The summed E-state index contributed by atoms with van der Waals surface area (Å²) in [5, 5.41) is 8.77. The van der Waals surface area contributed by atoms with Crippen molar-refractivity contribution in [2.24, 2.45) is 0 Å². The Kier molecular flexibility index (Phi) is 4.17. The first-order valence-corrected chi connectivity index (χ1v) is 6.57. The molecule has 0 aromatic carbocycles. The number of aromatic nitrogens is 1. The average Bonchev–Trinajstić information content (AvgIpc) is 2.40. The van der Waals surface area contributed by atoms with E-state index in [9.17, 15) is 13.2 Å². The van der Waals surface area contributed by atoms with Crippen molar-refractivity contribution in [1.29, 1.82) is 5.26 Å². The van der Waals surface area contributed by atoms with Crippen molar-refractivity contribution in [1.82, 2.24) is 4.98 Å². The van der Waals surface area contributed by atoms with Gasteiger partial charge in [-0.15, -0.1) is 0 Å².